The van der Waals surface area contributed by atoms with Crippen molar-refractivity contribution in [3.63, 3.8) is 0 Å². The largest absolute Gasteiger partial charge is 0.464 e. The SMILES string of the molecule is CN(C)S(=O)(=O)c1ccc2occc2c1. The van der Waals surface area contributed by atoms with Crippen molar-refractivity contribution in [3.05, 3.63) is 30.5 Å². The van der Waals surface area contributed by atoms with Crippen molar-refractivity contribution in [1.29, 1.82) is 0 Å². The van der Waals surface area contributed by atoms with Crippen molar-refractivity contribution in [1.82, 2.24) is 4.31 Å². The molecule has 0 amide bonds. The Bertz CT molecular complexity index is 583. The van der Waals surface area contributed by atoms with E-state index < -0.39 is 10.0 Å². The van der Waals surface area contributed by atoms with Gasteiger partial charge in [-0.15, -0.1) is 0 Å². The molecule has 0 saturated carbocycles. The van der Waals surface area contributed by atoms with Crippen molar-refractivity contribution >= 4 is 21.0 Å². The molecule has 0 saturated heterocycles. The minimum absolute atomic E-state index is 0.279. The molecule has 0 aliphatic rings. The summed E-state index contributed by atoms with van der Waals surface area (Å²) in [5.41, 5.74) is 0.688. The van der Waals surface area contributed by atoms with Crippen LogP contribution in [0.2, 0.25) is 0 Å². The van der Waals surface area contributed by atoms with Crippen molar-refractivity contribution < 1.29 is 12.8 Å². The van der Waals surface area contributed by atoms with E-state index in [9.17, 15) is 8.42 Å². The molecule has 2 rings (SSSR count). The number of fused-ring (bicyclic) bond motifs is 1. The molecule has 4 nitrogen and oxygen atoms in total. The fraction of sp³-hybridized carbons (Fsp3) is 0.200. The molecule has 0 fully saturated rings. The predicted octanol–water partition coefficient (Wildman–Crippen LogP) is 1.68. The lowest BCUT2D eigenvalue weighted by Gasteiger charge is -2.10. The van der Waals surface area contributed by atoms with Crippen LogP contribution in [0, 0.1) is 0 Å². The van der Waals surface area contributed by atoms with E-state index in [0.717, 1.165) is 5.39 Å². The van der Waals surface area contributed by atoms with Gasteiger partial charge in [-0.2, -0.15) is 0 Å². The van der Waals surface area contributed by atoms with Crippen molar-refractivity contribution in [3.8, 4) is 0 Å². The first kappa shape index (κ1) is 10.2. The van der Waals surface area contributed by atoms with Crippen LogP contribution in [0.1, 0.15) is 0 Å². The van der Waals surface area contributed by atoms with Gasteiger partial charge in [0.15, 0.2) is 0 Å². The van der Waals surface area contributed by atoms with Gasteiger partial charge >= 0.3 is 0 Å². The minimum Gasteiger partial charge on any atom is -0.464 e. The van der Waals surface area contributed by atoms with Gasteiger partial charge in [-0.1, -0.05) is 0 Å². The molecule has 80 valence electrons. The van der Waals surface area contributed by atoms with Crippen LogP contribution in [-0.2, 0) is 10.0 Å². The van der Waals surface area contributed by atoms with Crippen LogP contribution in [0.25, 0.3) is 11.0 Å². The Hall–Kier alpha value is -1.33. The van der Waals surface area contributed by atoms with Gasteiger partial charge in [0.2, 0.25) is 10.0 Å². The van der Waals surface area contributed by atoms with E-state index >= 15 is 0 Å². The fourth-order valence-electron chi connectivity index (χ4n) is 1.32. The highest BCUT2D eigenvalue weighted by molar-refractivity contribution is 7.89. The number of hydrogen-bond donors (Lipinski definition) is 0. The van der Waals surface area contributed by atoms with Crippen LogP contribution in [0.5, 0.6) is 0 Å². The summed E-state index contributed by atoms with van der Waals surface area (Å²) < 4.78 is 29.9. The minimum atomic E-state index is -3.35. The van der Waals surface area contributed by atoms with Gasteiger partial charge in [-0.05, 0) is 24.3 Å². The molecule has 0 atom stereocenters. The average Bonchev–Trinajstić information content (AvgIpc) is 2.63. The molecule has 0 unspecified atom stereocenters. The lowest BCUT2D eigenvalue weighted by Crippen LogP contribution is -2.22. The first-order valence-electron chi connectivity index (χ1n) is 4.41. The molecule has 0 aliphatic heterocycles. The van der Waals surface area contributed by atoms with E-state index in [-0.39, 0.29) is 4.90 Å². The maximum Gasteiger partial charge on any atom is 0.242 e. The van der Waals surface area contributed by atoms with Gasteiger partial charge in [-0.3, -0.25) is 0 Å². The summed E-state index contributed by atoms with van der Waals surface area (Å²) in [6.07, 6.45) is 1.54. The van der Waals surface area contributed by atoms with Gasteiger partial charge in [-0.25, -0.2) is 12.7 Å². The number of sulfonamides is 1. The predicted molar refractivity (Wildman–Crippen MR) is 57.1 cm³/mol. The van der Waals surface area contributed by atoms with Crippen LogP contribution in [0.3, 0.4) is 0 Å². The molecule has 1 aromatic carbocycles. The summed E-state index contributed by atoms with van der Waals surface area (Å²) in [7, 11) is -0.337. The number of furan rings is 1. The average molecular weight is 225 g/mol. The van der Waals surface area contributed by atoms with Gasteiger partial charge < -0.3 is 4.42 Å². The highest BCUT2D eigenvalue weighted by atomic mass is 32.2. The molecular weight excluding hydrogens is 214 g/mol. The molecule has 0 spiro atoms. The second-order valence-corrected chi connectivity index (χ2v) is 5.56. The quantitative estimate of drug-likeness (QED) is 0.781. The molecular formula is C10H11NO3S. The maximum atomic E-state index is 11.8. The maximum absolute atomic E-state index is 11.8. The Labute approximate surface area is 88.2 Å². The standard InChI is InChI=1S/C10H11NO3S/c1-11(2)15(12,13)9-3-4-10-8(7-9)5-6-14-10/h3-7H,1-2H3. The normalized spacial score (nSPS) is 12.5. The topological polar surface area (TPSA) is 50.5 Å². The van der Waals surface area contributed by atoms with Crippen molar-refractivity contribution in [2.45, 2.75) is 4.90 Å². The Kier molecular flexibility index (Phi) is 2.28. The highest BCUT2D eigenvalue weighted by Gasteiger charge is 2.17. The van der Waals surface area contributed by atoms with E-state index in [0.29, 0.717) is 5.58 Å². The Morgan fingerprint density at radius 3 is 2.60 bits per heavy atom. The van der Waals surface area contributed by atoms with Gasteiger partial charge in [0, 0.05) is 19.5 Å². The second-order valence-electron chi connectivity index (χ2n) is 3.41. The molecule has 0 N–H and O–H groups in total. The van der Waals surface area contributed by atoms with Gasteiger partial charge in [0.25, 0.3) is 0 Å². The zero-order valence-electron chi connectivity index (χ0n) is 8.47. The van der Waals surface area contributed by atoms with E-state index in [2.05, 4.69) is 0 Å². The second kappa shape index (κ2) is 3.36. The first-order chi connectivity index (χ1) is 7.01. The third kappa shape index (κ3) is 1.64. The third-order valence-corrected chi connectivity index (χ3v) is 4.01. The Morgan fingerprint density at radius 1 is 1.20 bits per heavy atom. The monoisotopic (exact) mass is 225 g/mol. The molecule has 15 heavy (non-hydrogen) atoms. The Morgan fingerprint density at radius 2 is 1.93 bits per heavy atom. The zero-order valence-corrected chi connectivity index (χ0v) is 9.28. The van der Waals surface area contributed by atoms with E-state index in [1.54, 1.807) is 24.3 Å². The fourth-order valence-corrected chi connectivity index (χ4v) is 2.25. The summed E-state index contributed by atoms with van der Waals surface area (Å²) in [6.45, 7) is 0. The molecule has 1 aromatic heterocycles. The smallest absolute Gasteiger partial charge is 0.242 e. The third-order valence-electron chi connectivity index (χ3n) is 2.20. The zero-order chi connectivity index (χ0) is 11.1. The molecule has 0 radical (unpaired) electrons. The van der Waals surface area contributed by atoms with Gasteiger partial charge in [0.1, 0.15) is 5.58 Å². The number of nitrogens with zero attached hydrogens (tertiary/aromatic N) is 1. The summed E-state index contributed by atoms with van der Waals surface area (Å²) >= 11 is 0. The lowest BCUT2D eigenvalue weighted by molar-refractivity contribution is 0.521. The molecule has 0 bridgehead atoms. The van der Waals surface area contributed by atoms with E-state index in [1.165, 1.54) is 24.7 Å². The summed E-state index contributed by atoms with van der Waals surface area (Å²) in [4.78, 5) is 0.279. The van der Waals surface area contributed by atoms with Crippen molar-refractivity contribution in [2.75, 3.05) is 14.1 Å². The van der Waals surface area contributed by atoms with Crippen LogP contribution >= 0.6 is 0 Å². The summed E-state index contributed by atoms with van der Waals surface area (Å²) in [5.74, 6) is 0. The van der Waals surface area contributed by atoms with Crippen LogP contribution in [0.15, 0.2) is 39.8 Å². The van der Waals surface area contributed by atoms with Crippen LogP contribution in [-0.4, -0.2) is 26.8 Å². The Balaban J connectivity index is 2.63. The molecule has 2 aromatic rings. The van der Waals surface area contributed by atoms with Crippen LogP contribution < -0.4 is 0 Å². The van der Waals surface area contributed by atoms with Crippen molar-refractivity contribution in [2.24, 2.45) is 0 Å². The summed E-state index contributed by atoms with van der Waals surface area (Å²) in [5, 5.41) is 0.790. The molecule has 5 heteroatoms. The number of benzene rings is 1. The van der Waals surface area contributed by atoms with E-state index in [1.807, 2.05) is 0 Å². The van der Waals surface area contributed by atoms with Gasteiger partial charge in [0.05, 0.1) is 11.2 Å². The lowest BCUT2D eigenvalue weighted by atomic mass is 10.3. The molecule has 1 heterocycles. The summed E-state index contributed by atoms with van der Waals surface area (Å²) in [6, 6.07) is 6.55. The van der Waals surface area contributed by atoms with E-state index in [4.69, 9.17) is 4.42 Å². The number of hydrogen-bond acceptors (Lipinski definition) is 3. The first-order valence-corrected chi connectivity index (χ1v) is 5.85. The molecule has 0 aliphatic carbocycles. The van der Waals surface area contributed by atoms with Crippen LogP contribution in [0.4, 0.5) is 0 Å². The number of rotatable bonds is 2. The highest BCUT2D eigenvalue weighted by Crippen LogP contribution is 2.21.